The summed E-state index contributed by atoms with van der Waals surface area (Å²) in [6.45, 7) is 0. The van der Waals surface area contributed by atoms with Crippen LogP contribution in [0, 0.1) is 0 Å². The molecule has 0 unspecified atom stereocenters. The van der Waals surface area contributed by atoms with E-state index in [1.807, 2.05) is 36.4 Å². The van der Waals surface area contributed by atoms with Crippen LogP contribution in [0.15, 0.2) is 140 Å². The zero-order valence-electron chi connectivity index (χ0n) is 22.5. The predicted octanol–water partition coefficient (Wildman–Crippen LogP) is 9.83. The van der Waals surface area contributed by atoms with Crippen molar-refractivity contribution < 1.29 is 4.74 Å². The van der Waals surface area contributed by atoms with Crippen LogP contribution in [0.1, 0.15) is 0 Å². The van der Waals surface area contributed by atoms with Gasteiger partial charge in [-0.3, -0.25) is 4.57 Å². The van der Waals surface area contributed by atoms with Crippen molar-refractivity contribution in [3.63, 3.8) is 0 Å². The molecule has 0 fully saturated rings. The van der Waals surface area contributed by atoms with Crippen molar-refractivity contribution in [1.29, 1.82) is 0 Å². The summed E-state index contributed by atoms with van der Waals surface area (Å²) in [7, 11) is 0. The largest absolute Gasteiger partial charge is 0.455 e. The van der Waals surface area contributed by atoms with Gasteiger partial charge < -0.3 is 4.74 Å². The first-order valence-electron chi connectivity index (χ1n) is 14.1. The molecule has 6 aromatic carbocycles. The number of para-hydroxylation sites is 1. The van der Waals surface area contributed by atoms with Gasteiger partial charge in [0.2, 0.25) is 5.95 Å². The zero-order chi connectivity index (χ0) is 27.6. The quantitative estimate of drug-likeness (QED) is 0.225. The summed E-state index contributed by atoms with van der Waals surface area (Å²) in [5, 5.41) is 4.50. The first kappa shape index (κ1) is 23.0. The molecule has 0 atom stereocenters. The monoisotopic (exact) mass is 537 g/mol. The molecule has 0 radical (unpaired) electrons. The number of hydrogen-bond acceptors (Lipinski definition) is 3. The minimum Gasteiger partial charge on any atom is -0.455 e. The minimum absolute atomic E-state index is 0.625. The van der Waals surface area contributed by atoms with E-state index in [1.54, 1.807) is 0 Å². The third-order valence-electron chi connectivity index (χ3n) is 8.21. The van der Waals surface area contributed by atoms with E-state index in [0.29, 0.717) is 5.95 Å². The summed E-state index contributed by atoms with van der Waals surface area (Å²) in [6, 6.07) is 48.2. The topological polar surface area (TPSA) is 39.9 Å². The lowest BCUT2D eigenvalue weighted by Gasteiger charge is -2.22. The highest BCUT2D eigenvalue weighted by molar-refractivity contribution is 6.17. The molecule has 0 amide bonds. The smallest absolute Gasteiger partial charge is 0.235 e. The van der Waals surface area contributed by atoms with E-state index in [0.717, 1.165) is 66.8 Å². The fourth-order valence-electron chi connectivity index (χ4n) is 6.34. The van der Waals surface area contributed by atoms with Gasteiger partial charge in [0.1, 0.15) is 11.5 Å². The Labute approximate surface area is 242 Å². The molecule has 42 heavy (non-hydrogen) atoms. The van der Waals surface area contributed by atoms with Crippen molar-refractivity contribution >= 4 is 32.6 Å². The van der Waals surface area contributed by atoms with Gasteiger partial charge in [0.25, 0.3) is 0 Å². The van der Waals surface area contributed by atoms with Crippen molar-refractivity contribution in [3.05, 3.63) is 140 Å². The van der Waals surface area contributed by atoms with Crippen LogP contribution in [0.5, 0.6) is 11.5 Å². The van der Waals surface area contributed by atoms with Crippen molar-refractivity contribution in [1.82, 2.24) is 14.5 Å². The Balaban J connectivity index is 1.36. The molecule has 8 aromatic rings. The SMILES string of the molecule is c1ccc(-c2cc(-c3ccccc3)nc(-n3c4ccccc4c4c5c(ccc43)-c3cccc4cccc(c34)O5)n2)cc1. The van der Waals surface area contributed by atoms with E-state index in [9.17, 15) is 0 Å². The van der Waals surface area contributed by atoms with Gasteiger partial charge in [-0.05, 0) is 41.3 Å². The van der Waals surface area contributed by atoms with Crippen LogP contribution in [-0.2, 0) is 0 Å². The highest BCUT2D eigenvalue weighted by atomic mass is 16.5. The van der Waals surface area contributed by atoms with E-state index in [1.165, 1.54) is 10.9 Å². The molecule has 0 saturated heterocycles. The van der Waals surface area contributed by atoms with Crippen molar-refractivity contribution in [2.75, 3.05) is 0 Å². The number of ether oxygens (including phenoxy) is 1. The molecule has 0 spiro atoms. The molecule has 1 aliphatic rings. The zero-order valence-corrected chi connectivity index (χ0v) is 22.5. The maximum Gasteiger partial charge on any atom is 0.235 e. The normalized spacial score (nSPS) is 12.0. The van der Waals surface area contributed by atoms with Gasteiger partial charge in [0.15, 0.2) is 0 Å². The van der Waals surface area contributed by atoms with Gasteiger partial charge in [-0.2, -0.15) is 0 Å². The number of benzene rings is 6. The summed E-state index contributed by atoms with van der Waals surface area (Å²) in [5.41, 5.74) is 8.17. The number of nitrogens with zero attached hydrogens (tertiary/aromatic N) is 3. The van der Waals surface area contributed by atoms with Crippen LogP contribution in [0.2, 0.25) is 0 Å². The van der Waals surface area contributed by atoms with Crippen LogP contribution in [0.4, 0.5) is 0 Å². The van der Waals surface area contributed by atoms with Gasteiger partial charge in [0, 0.05) is 27.5 Å². The van der Waals surface area contributed by atoms with Crippen molar-refractivity contribution in [3.8, 4) is 51.1 Å². The first-order valence-corrected chi connectivity index (χ1v) is 14.1. The van der Waals surface area contributed by atoms with Crippen LogP contribution < -0.4 is 4.74 Å². The number of aromatic nitrogens is 3. The summed E-state index contributed by atoms with van der Waals surface area (Å²) in [5.74, 6) is 2.38. The Hall–Kier alpha value is -5.74. The molecule has 196 valence electrons. The summed E-state index contributed by atoms with van der Waals surface area (Å²) in [6.07, 6.45) is 0. The molecule has 0 aliphatic carbocycles. The second-order valence-electron chi connectivity index (χ2n) is 10.6. The number of fused-ring (bicyclic) bond motifs is 6. The van der Waals surface area contributed by atoms with E-state index in [-0.39, 0.29) is 0 Å². The highest BCUT2D eigenvalue weighted by Crippen LogP contribution is 2.51. The molecule has 0 bridgehead atoms. The molecule has 4 nitrogen and oxygen atoms in total. The Kier molecular flexibility index (Phi) is 4.87. The second-order valence-corrected chi connectivity index (χ2v) is 10.6. The Morgan fingerprint density at radius 3 is 1.90 bits per heavy atom. The lowest BCUT2D eigenvalue weighted by Crippen LogP contribution is -2.04. The fraction of sp³-hybridized carbons (Fsp3) is 0. The Morgan fingerprint density at radius 1 is 0.500 bits per heavy atom. The predicted molar refractivity (Wildman–Crippen MR) is 170 cm³/mol. The summed E-state index contributed by atoms with van der Waals surface area (Å²) < 4.78 is 8.93. The molecule has 4 heteroatoms. The summed E-state index contributed by atoms with van der Waals surface area (Å²) >= 11 is 0. The van der Waals surface area contributed by atoms with E-state index in [2.05, 4.69) is 108 Å². The Bertz CT molecular complexity index is 2260. The van der Waals surface area contributed by atoms with Crippen LogP contribution in [0.25, 0.3) is 72.2 Å². The maximum absolute atomic E-state index is 6.75. The lowest BCUT2D eigenvalue weighted by molar-refractivity contribution is 0.493. The lowest BCUT2D eigenvalue weighted by atomic mass is 9.93. The average molecular weight is 538 g/mol. The number of rotatable bonds is 3. The first-order chi connectivity index (χ1) is 20.8. The average Bonchev–Trinajstić information content (AvgIpc) is 3.41. The van der Waals surface area contributed by atoms with Gasteiger partial charge in [-0.15, -0.1) is 0 Å². The van der Waals surface area contributed by atoms with Crippen molar-refractivity contribution in [2.24, 2.45) is 0 Å². The van der Waals surface area contributed by atoms with Crippen LogP contribution in [-0.4, -0.2) is 14.5 Å². The number of hydrogen-bond donors (Lipinski definition) is 0. The maximum atomic E-state index is 6.75. The minimum atomic E-state index is 0.625. The molecule has 2 aromatic heterocycles. The van der Waals surface area contributed by atoms with Gasteiger partial charge in [-0.25, -0.2) is 9.97 Å². The molecule has 0 saturated carbocycles. The van der Waals surface area contributed by atoms with Gasteiger partial charge in [0.05, 0.1) is 27.8 Å². The van der Waals surface area contributed by atoms with Crippen molar-refractivity contribution in [2.45, 2.75) is 0 Å². The molecule has 9 rings (SSSR count). The summed E-state index contributed by atoms with van der Waals surface area (Å²) in [4.78, 5) is 10.3. The van der Waals surface area contributed by atoms with E-state index >= 15 is 0 Å². The third kappa shape index (κ3) is 3.36. The van der Waals surface area contributed by atoms with Crippen LogP contribution >= 0.6 is 0 Å². The van der Waals surface area contributed by atoms with Gasteiger partial charge >= 0.3 is 0 Å². The third-order valence-corrected chi connectivity index (χ3v) is 8.21. The molecule has 0 N–H and O–H groups in total. The van der Waals surface area contributed by atoms with E-state index < -0.39 is 0 Å². The standard InChI is InChI=1S/C38H23N3O/c1-3-11-24(12-4-1)30-23-31(25-13-5-2-6-14-25)40-38(39-30)41-32-19-8-7-17-29(32)36-33(41)22-21-28-27-18-9-15-26-16-10-20-34(35(26)27)42-37(28)36/h1-23H. The molecule has 1 aliphatic heterocycles. The Morgan fingerprint density at radius 2 is 1.17 bits per heavy atom. The fourth-order valence-corrected chi connectivity index (χ4v) is 6.34. The molecular formula is C38H23N3O. The van der Waals surface area contributed by atoms with Gasteiger partial charge in [-0.1, -0.05) is 109 Å². The highest BCUT2D eigenvalue weighted by Gasteiger charge is 2.26. The molecule has 3 heterocycles. The van der Waals surface area contributed by atoms with Crippen LogP contribution in [0.3, 0.4) is 0 Å². The second kappa shape index (κ2) is 8.88. The molecular weight excluding hydrogens is 514 g/mol. The van der Waals surface area contributed by atoms with E-state index in [4.69, 9.17) is 14.7 Å².